The quantitative estimate of drug-likeness (QED) is 0.489. The van der Waals surface area contributed by atoms with Gasteiger partial charge < -0.3 is 15.0 Å². The average molecular weight is 408 g/mol. The molecule has 0 bridgehead atoms. The summed E-state index contributed by atoms with van der Waals surface area (Å²) in [5.74, 6) is 0.342. The van der Waals surface area contributed by atoms with Crippen LogP contribution >= 0.6 is 0 Å². The molecule has 0 atom stereocenters. The molecule has 3 aromatic rings. The number of nitrogens with zero attached hydrogens (tertiary/aromatic N) is 5. The van der Waals surface area contributed by atoms with Crippen molar-refractivity contribution in [2.75, 3.05) is 31.2 Å². The second-order valence-electron chi connectivity index (χ2n) is 6.74. The molecule has 1 amide bonds. The summed E-state index contributed by atoms with van der Waals surface area (Å²) in [6, 6.07) is 8.05. The van der Waals surface area contributed by atoms with Gasteiger partial charge in [-0.25, -0.2) is 9.97 Å². The Morgan fingerprint density at radius 1 is 1.23 bits per heavy atom. The Labute approximate surface area is 172 Å². The van der Waals surface area contributed by atoms with Crippen LogP contribution in [0.25, 0.3) is 5.82 Å². The van der Waals surface area contributed by atoms with E-state index in [9.17, 15) is 14.9 Å². The molecule has 30 heavy (non-hydrogen) atoms. The average Bonchev–Trinajstić information content (AvgIpc) is 3.33. The highest BCUT2D eigenvalue weighted by Crippen LogP contribution is 2.26. The molecule has 1 aliphatic heterocycles. The predicted molar refractivity (Wildman–Crippen MR) is 109 cm³/mol. The van der Waals surface area contributed by atoms with E-state index in [1.807, 2.05) is 17.0 Å². The van der Waals surface area contributed by atoms with Gasteiger partial charge in [0.15, 0.2) is 0 Å². The SMILES string of the molecule is O=C(NCc1ccc(-n2ccnc2)nc1)c1cc([N+](=O)[O-])ccc1N1CCOCC1. The largest absolute Gasteiger partial charge is 0.378 e. The van der Waals surface area contributed by atoms with Gasteiger partial charge in [-0.3, -0.25) is 19.5 Å². The number of rotatable bonds is 6. The first-order valence-electron chi connectivity index (χ1n) is 9.44. The number of benzene rings is 1. The molecule has 0 radical (unpaired) electrons. The highest BCUT2D eigenvalue weighted by molar-refractivity contribution is 6.00. The minimum atomic E-state index is -0.501. The van der Waals surface area contributed by atoms with Crippen molar-refractivity contribution in [2.45, 2.75) is 6.54 Å². The van der Waals surface area contributed by atoms with E-state index in [4.69, 9.17) is 4.74 Å². The van der Waals surface area contributed by atoms with Crippen molar-refractivity contribution in [1.29, 1.82) is 0 Å². The minimum absolute atomic E-state index is 0.122. The molecule has 3 heterocycles. The molecular weight excluding hydrogens is 388 g/mol. The van der Waals surface area contributed by atoms with Gasteiger partial charge in [-0.2, -0.15) is 0 Å². The van der Waals surface area contributed by atoms with Crippen molar-refractivity contribution in [2.24, 2.45) is 0 Å². The number of imidazole rings is 1. The monoisotopic (exact) mass is 408 g/mol. The number of pyridine rings is 1. The lowest BCUT2D eigenvalue weighted by Crippen LogP contribution is -2.38. The number of ether oxygens (including phenoxy) is 1. The van der Waals surface area contributed by atoms with Gasteiger partial charge in [-0.15, -0.1) is 0 Å². The number of morpholine rings is 1. The van der Waals surface area contributed by atoms with E-state index in [2.05, 4.69) is 15.3 Å². The van der Waals surface area contributed by atoms with Crippen molar-refractivity contribution in [3.8, 4) is 5.82 Å². The molecule has 1 aliphatic rings. The fourth-order valence-corrected chi connectivity index (χ4v) is 3.25. The zero-order valence-corrected chi connectivity index (χ0v) is 16.1. The molecule has 0 saturated carbocycles. The van der Waals surface area contributed by atoms with Crippen LogP contribution in [-0.2, 0) is 11.3 Å². The normalized spacial score (nSPS) is 13.8. The van der Waals surface area contributed by atoms with Crippen LogP contribution in [-0.4, -0.2) is 51.7 Å². The standard InChI is InChI=1S/C20H20N6O4/c27-20(23-13-15-1-4-19(22-12-15)25-6-5-21-14-25)17-11-16(26(28)29)2-3-18(17)24-7-9-30-10-8-24/h1-6,11-12,14H,7-10,13H2,(H,23,27). The number of non-ortho nitro benzene ring substituents is 1. The second kappa shape index (κ2) is 8.70. The van der Waals surface area contributed by atoms with Crippen molar-refractivity contribution in [1.82, 2.24) is 19.9 Å². The molecule has 154 valence electrons. The molecule has 1 aromatic carbocycles. The Hall–Kier alpha value is -3.79. The van der Waals surface area contributed by atoms with Gasteiger partial charge in [0, 0.05) is 50.4 Å². The van der Waals surface area contributed by atoms with Gasteiger partial charge in [0.2, 0.25) is 0 Å². The maximum atomic E-state index is 12.9. The lowest BCUT2D eigenvalue weighted by molar-refractivity contribution is -0.384. The van der Waals surface area contributed by atoms with Crippen LogP contribution in [0.4, 0.5) is 11.4 Å². The summed E-state index contributed by atoms with van der Waals surface area (Å²) in [6.45, 7) is 2.59. The second-order valence-corrected chi connectivity index (χ2v) is 6.74. The zero-order valence-electron chi connectivity index (χ0n) is 16.1. The predicted octanol–water partition coefficient (Wildman–Crippen LogP) is 1.94. The van der Waals surface area contributed by atoms with Crippen LogP contribution in [0.5, 0.6) is 0 Å². The minimum Gasteiger partial charge on any atom is -0.378 e. The van der Waals surface area contributed by atoms with Crippen molar-refractivity contribution >= 4 is 17.3 Å². The number of aromatic nitrogens is 3. The molecular formula is C20H20N6O4. The van der Waals surface area contributed by atoms with Gasteiger partial charge in [0.05, 0.1) is 29.4 Å². The van der Waals surface area contributed by atoms with Gasteiger partial charge in [0.25, 0.3) is 11.6 Å². The number of nitro groups is 1. The van der Waals surface area contributed by atoms with Crippen LogP contribution in [0.15, 0.2) is 55.2 Å². The maximum Gasteiger partial charge on any atom is 0.270 e. The lowest BCUT2D eigenvalue weighted by Gasteiger charge is -2.30. The molecule has 1 fully saturated rings. The molecule has 0 spiro atoms. The maximum absolute atomic E-state index is 12.9. The summed E-state index contributed by atoms with van der Waals surface area (Å²) in [5.41, 5.74) is 1.62. The first-order chi connectivity index (χ1) is 14.6. The van der Waals surface area contributed by atoms with E-state index in [-0.39, 0.29) is 23.7 Å². The zero-order chi connectivity index (χ0) is 20.9. The first kappa shape index (κ1) is 19.5. The van der Waals surface area contributed by atoms with E-state index < -0.39 is 4.92 Å². The van der Waals surface area contributed by atoms with Crippen LogP contribution in [0.1, 0.15) is 15.9 Å². The Kier molecular flexibility index (Phi) is 5.66. The molecule has 4 rings (SSSR count). The van der Waals surface area contributed by atoms with Crippen molar-refractivity contribution in [3.63, 3.8) is 0 Å². The Morgan fingerprint density at radius 3 is 2.73 bits per heavy atom. The summed E-state index contributed by atoms with van der Waals surface area (Å²) in [7, 11) is 0. The lowest BCUT2D eigenvalue weighted by atomic mass is 10.1. The van der Waals surface area contributed by atoms with Crippen molar-refractivity contribution < 1.29 is 14.5 Å². The first-order valence-corrected chi connectivity index (χ1v) is 9.44. The number of amides is 1. The highest BCUT2D eigenvalue weighted by atomic mass is 16.6. The van der Waals surface area contributed by atoms with E-state index in [1.54, 1.807) is 35.6 Å². The Bertz CT molecular complexity index is 1030. The number of nitro benzene ring substituents is 1. The molecule has 0 aliphatic carbocycles. The van der Waals surface area contributed by atoms with Crippen LogP contribution in [0, 0.1) is 10.1 Å². The van der Waals surface area contributed by atoms with E-state index >= 15 is 0 Å². The number of nitrogens with one attached hydrogen (secondary N) is 1. The third kappa shape index (κ3) is 4.28. The smallest absolute Gasteiger partial charge is 0.270 e. The van der Waals surface area contributed by atoms with Crippen molar-refractivity contribution in [3.05, 3.63) is 76.5 Å². The van der Waals surface area contributed by atoms with Gasteiger partial charge in [0.1, 0.15) is 12.1 Å². The van der Waals surface area contributed by atoms with Gasteiger partial charge in [-0.1, -0.05) is 6.07 Å². The van der Waals surface area contributed by atoms with E-state index in [1.165, 1.54) is 12.1 Å². The summed E-state index contributed by atoms with van der Waals surface area (Å²) >= 11 is 0. The number of carbonyl (C=O) groups is 1. The summed E-state index contributed by atoms with van der Waals surface area (Å²) in [6.07, 6.45) is 6.78. The van der Waals surface area contributed by atoms with Gasteiger partial charge >= 0.3 is 0 Å². The number of hydrogen-bond acceptors (Lipinski definition) is 7. The number of anilines is 1. The summed E-state index contributed by atoms with van der Waals surface area (Å²) < 4.78 is 7.14. The third-order valence-electron chi connectivity index (χ3n) is 4.82. The third-order valence-corrected chi connectivity index (χ3v) is 4.82. The highest BCUT2D eigenvalue weighted by Gasteiger charge is 2.22. The topological polar surface area (TPSA) is 115 Å². The van der Waals surface area contributed by atoms with Crippen LogP contribution in [0.3, 0.4) is 0 Å². The molecule has 1 N–H and O–H groups in total. The molecule has 10 heteroatoms. The summed E-state index contributed by atoms with van der Waals surface area (Å²) in [4.78, 5) is 33.9. The van der Waals surface area contributed by atoms with Crippen LogP contribution in [0.2, 0.25) is 0 Å². The van der Waals surface area contributed by atoms with E-state index in [0.717, 1.165) is 11.4 Å². The molecule has 10 nitrogen and oxygen atoms in total. The fourth-order valence-electron chi connectivity index (χ4n) is 3.25. The summed E-state index contributed by atoms with van der Waals surface area (Å²) in [5, 5.41) is 14.0. The molecule has 2 aromatic heterocycles. The van der Waals surface area contributed by atoms with Crippen LogP contribution < -0.4 is 10.2 Å². The Balaban J connectivity index is 1.50. The Morgan fingerprint density at radius 2 is 2.07 bits per heavy atom. The number of hydrogen-bond donors (Lipinski definition) is 1. The fraction of sp³-hybridized carbons (Fsp3) is 0.250. The molecule has 1 saturated heterocycles. The number of carbonyl (C=O) groups excluding carboxylic acids is 1. The van der Waals surface area contributed by atoms with E-state index in [0.29, 0.717) is 32.0 Å². The van der Waals surface area contributed by atoms with Gasteiger partial charge in [-0.05, 0) is 17.7 Å². The molecule has 0 unspecified atom stereocenters.